The van der Waals surface area contributed by atoms with Crippen LogP contribution in [0, 0.1) is 18.8 Å². The summed E-state index contributed by atoms with van der Waals surface area (Å²) in [6.45, 7) is 10.8. The summed E-state index contributed by atoms with van der Waals surface area (Å²) in [5.74, 6) is 2.13. The minimum absolute atomic E-state index is 0.277. The third-order valence-electron chi connectivity index (χ3n) is 6.32. The number of aryl methyl sites for hydroxylation is 1. The Morgan fingerprint density at radius 2 is 1.82 bits per heavy atom. The highest BCUT2D eigenvalue weighted by molar-refractivity contribution is 7.03. The molecule has 5 nitrogen and oxygen atoms in total. The Hall–Kier alpha value is -1.79. The van der Waals surface area contributed by atoms with Crippen molar-refractivity contribution in [3.63, 3.8) is 0 Å². The van der Waals surface area contributed by atoms with E-state index in [1.807, 2.05) is 0 Å². The van der Waals surface area contributed by atoms with Gasteiger partial charge in [0.1, 0.15) is 0 Å². The molecule has 0 unspecified atom stereocenters. The van der Waals surface area contributed by atoms with Gasteiger partial charge in [-0.25, -0.2) is 0 Å². The third-order valence-corrected chi connectivity index (χ3v) is 6.84. The number of likely N-dealkylation sites (tertiary alicyclic amines) is 2. The van der Waals surface area contributed by atoms with E-state index in [4.69, 9.17) is 0 Å². The van der Waals surface area contributed by atoms with Crippen molar-refractivity contribution in [3.8, 4) is 0 Å². The number of amides is 1. The van der Waals surface area contributed by atoms with Gasteiger partial charge in [0.25, 0.3) is 0 Å². The van der Waals surface area contributed by atoms with Crippen molar-refractivity contribution >= 4 is 17.4 Å². The number of piperidine rings is 1. The molecule has 3 heterocycles. The standard InChI is InChI=1S/C22H30N4OS/c1-15-8-16(2)10-26(9-15)22(27)13-25-11-19(18-7-5-4-6-17(18)3)20(12-25)21-14-28-24-23-21/h4-7,14-16,19-20H,8-13H2,1-3H3/t15-,16-,19+,20-/m1/s1. The summed E-state index contributed by atoms with van der Waals surface area (Å²) in [5, 5.41) is 6.44. The zero-order valence-corrected chi connectivity index (χ0v) is 17.9. The summed E-state index contributed by atoms with van der Waals surface area (Å²) in [6, 6.07) is 8.61. The summed E-state index contributed by atoms with van der Waals surface area (Å²) in [4.78, 5) is 17.4. The highest BCUT2D eigenvalue weighted by atomic mass is 32.1. The van der Waals surface area contributed by atoms with E-state index in [-0.39, 0.29) is 5.91 Å². The molecule has 1 aromatic heterocycles. The lowest BCUT2D eigenvalue weighted by Gasteiger charge is -2.35. The smallest absolute Gasteiger partial charge is 0.236 e. The maximum absolute atomic E-state index is 13.0. The molecule has 1 amide bonds. The zero-order valence-electron chi connectivity index (χ0n) is 17.0. The van der Waals surface area contributed by atoms with Crippen molar-refractivity contribution in [2.45, 2.75) is 39.0 Å². The van der Waals surface area contributed by atoms with Crippen LogP contribution in [0.15, 0.2) is 29.6 Å². The Kier molecular flexibility index (Phi) is 5.78. The molecule has 4 rings (SSSR count). The van der Waals surface area contributed by atoms with Crippen LogP contribution in [0.4, 0.5) is 0 Å². The monoisotopic (exact) mass is 398 g/mol. The molecule has 0 bridgehead atoms. The number of carbonyl (C=O) groups is 1. The zero-order chi connectivity index (χ0) is 19.7. The fourth-order valence-electron chi connectivity index (χ4n) is 5.12. The van der Waals surface area contributed by atoms with E-state index in [2.05, 4.69) is 69.8 Å². The summed E-state index contributed by atoms with van der Waals surface area (Å²) in [7, 11) is 0. The molecule has 0 spiro atoms. The van der Waals surface area contributed by atoms with E-state index in [0.29, 0.717) is 30.2 Å². The largest absolute Gasteiger partial charge is 0.341 e. The van der Waals surface area contributed by atoms with Gasteiger partial charge in [-0.05, 0) is 47.8 Å². The molecule has 0 saturated carbocycles. The van der Waals surface area contributed by atoms with Gasteiger partial charge < -0.3 is 4.90 Å². The second kappa shape index (κ2) is 8.29. The van der Waals surface area contributed by atoms with Crippen LogP contribution < -0.4 is 0 Å². The Morgan fingerprint density at radius 3 is 2.50 bits per heavy atom. The highest BCUT2D eigenvalue weighted by Crippen LogP contribution is 2.40. The molecule has 2 aliphatic rings. The van der Waals surface area contributed by atoms with Crippen molar-refractivity contribution in [2.75, 3.05) is 32.7 Å². The van der Waals surface area contributed by atoms with E-state index in [0.717, 1.165) is 31.9 Å². The van der Waals surface area contributed by atoms with Crippen molar-refractivity contribution in [1.82, 2.24) is 19.4 Å². The number of hydrogen-bond donors (Lipinski definition) is 0. The summed E-state index contributed by atoms with van der Waals surface area (Å²) in [5.41, 5.74) is 3.75. The van der Waals surface area contributed by atoms with Gasteiger partial charge in [0, 0.05) is 43.4 Å². The molecule has 2 aliphatic heterocycles. The minimum Gasteiger partial charge on any atom is -0.341 e. The summed E-state index contributed by atoms with van der Waals surface area (Å²) >= 11 is 1.41. The predicted molar refractivity (Wildman–Crippen MR) is 113 cm³/mol. The number of nitrogens with zero attached hydrogens (tertiary/aromatic N) is 4. The normalized spacial score (nSPS) is 28.6. The number of rotatable bonds is 4. The minimum atomic E-state index is 0.277. The first-order chi connectivity index (χ1) is 13.5. The maximum Gasteiger partial charge on any atom is 0.236 e. The molecular formula is C22H30N4OS. The second-order valence-electron chi connectivity index (χ2n) is 8.84. The quantitative estimate of drug-likeness (QED) is 0.790. The van der Waals surface area contributed by atoms with Gasteiger partial charge in [-0.15, -0.1) is 5.10 Å². The van der Waals surface area contributed by atoms with Crippen LogP contribution in [0.2, 0.25) is 0 Å². The van der Waals surface area contributed by atoms with E-state index in [1.54, 1.807) is 0 Å². The first-order valence-corrected chi connectivity index (χ1v) is 11.2. The van der Waals surface area contributed by atoms with Crippen LogP contribution in [0.5, 0.6) is 0 Å². The second-order valence-corrected chi connectivity index (χ2v) is 9.45. The molecule has 2 fully saturated rings. The van der Waals surface area contributed by atoms with Crippen LogP contribution in [-0.4, -0.2) is 58.0 Å². The molecule has 4 atom stereocenters. The summed E-state index contributed by atoms with van der Waals surface area (Å²) < 4.78 is 4.09. The van der Waals surface area contributed by atoms with Crippen molar-refractivity contribution < 1.29 is 4.79 Å². The Morgan fingerprint density at radius 1 is 1.11 bits per heavy atom. The molecular weight excluding hydrogens is 368 g/mol. The molecule has 0 aliphatic carbocycles. The Labute approximate surface area is 171 Å². The average Bonchev–Trinajstić information content (AvgIpc) is 3.31. The average molecular weight is 399 g/mol. The molecule has 150 valence electrons. The fourth-order valence-corrected chi connectivity index (χ4v) is 5.64. The SMILES string of the molecule is Cc1ccccc1[C@@H]1CN(CC(=O)N2C[C@H](C)C[C@@H](C)C2)C[C@H]1c1csnn1. The lowest BCUT2D eigenvalue weighted by atomic mass is 9.85. The molecule has 2 saturated heterocycles. The van der Waals surface area contributed by atoms with Crippen molar-refractivity contribution in [3.05, 3.63) is 46.5 Å². The number of aromatic nitrogens is 2. The van der Waals surface area contributed by atoms with Gasteiger partial charge in [0.2, 0.25) is 5.91 Å². The third kappa shape index (κ3) is 4.13. The van der Waals surface area contributed by atoms with Gasteiger partial charge in [-0.2, -0.15) is 0 Å². The van der Waals surface area contributed by atoms with Crippen LogP contribution >= 0.6 is 11.5 Å². The van der Waals surface area contributed by atoms with E-state index < -0.39 is 0 Å². The van der Waals surface area contributed by atoms with Crippen LogP contribution in [0.25, 0.3) is 0 Å². The first kappa shape index (κ1) is 19.5. The first-order valence-electron chi connectivity index (χ1n) is 10.3. The van der Waals surface area contributed by atoms with E-state index in [9.17, 15) is 4.79 Å². The maximum atomic E-state index is 13.0. The molecule has 2 aromatic rings. The van der Waals surface area contributed by atoms with Crippen LogP contribution in [-0.2, 0) is 4.79 Å². The predicted octanol–water partition coefficient (Wildman–Crippen LogP) is 3.53. The Bertz CT molecular complexity index is 799. The molecule has 6 heteroatoms. The van der Waals surface area contributed by atoms with Gasteiger partial charge >= 0.3 is 0 Å². The number of carbonyl (C=O) groups excluding carboxylic acids is 1. The number of benzene rings is 1. The lowest BCUT2D eigenvalue weighted by Crippen LogP contribution is -2.46. The van der Waals surface area contributed by atoms with E-state index in [1.165, 1.54) is 29.1 Å². The van der Waals surface area contributed by atoms with Crippen molar-refractivity contribution in [1.29, 1.82) is 0 Å². The van der Waals surface area contributed by atoms with E-state index >= 15 is 0 Å². The van der Waals surface area contributed by atoms with Crippen LogP contribution in [0.3, 0.4) is 0 Å². The summed E-state index contributed by atoms with van der Waals surface area (Å²) in [6.07, 6.45) is 1.22. The van der Waals surface area contributed by atoms with Gasteiger partial charge in [0.15, 0.2) is 0 Å². The Balaban J connectivity index is 1.50. The van der Waals surface area contributed by atoms with Gasteiger partial charge in [-0.1, -0.05) is 42.6 Å². The molecule has 28 heavy (non-hydrogen) atoms. The molecule has 0 N–H and O–H groups in total. The highest BCUT2D eigenvalue weighted by Gasteiger charge is 2.38. The van der Waals surface area contributed by atoms with Gasteiger partial charge in [-0.3, -0.25) is 9.69 Å². The number of hydrogen-bond acceptors (Lipinski definition) is 5. The molecule has 1 aromatic carbocycles. The lowest BCUT2D eigenvalue weighted by molar-refractivity contribution is -0.134. The van der Waals surface area contributed by atoms with Crippen molar-refractivity contribution in [2.24, 2.45) is 11.8 Å². The molecule has 0 radical (unpaired) electrons. The fraction of sp³-hybridized carbons (Fsp3) is 0.591. The topological polar surface area (TPSA) is 49.3 Å². The van der Waals surface area contributed by atoms with Gasteiger partial charge in [0.05, 0.1) is 12.2 Å². The van der Waals surface area contributed by atoms with Crippen LogP contribution in [0.1, 0.15) is 48.9 Å².